The van der Waals surface area contributed by atoms with Crippen molar-refractivity contribution in [1.82, 2.24) is 9.97 Å². The van der Waals surface area contributed by atoms with Gasteiger partial charge in [-0.3, -0.25) is 14.6 Å². The zero-order valence-electron chi connectivity index (χ0n) is 26.6. The first kappa shape index (κ1) is 34.5. The molecule has 0 aliphatic heterocycles. The van der Waals surface area contributed by atoms with Crippen molar-refractivity contribution >= 4 is 57.0 Å². The summed E-state index contributed by atoms with van der Waals surface area (Å²) in [4.78, 5) is 32.0. The van der Waals surface area contributed by atoms with E-state index in [9.17, 15) is 9.59 Å². The summed E-state index contributed by atoms with van der Waals surface area (Å²) in [5.74, 6) is -0.0760. The van der Waals surface area contributed by atoms with Gasteiger partial charge in [-0.1, -0.05) is 83.9 Å². The average molecular weight is 684 g/mol. The number of nitrogens with zero attached hydrogens (tertiary/aromatic N) is 2. The van der Waals surface area contributed by atoms with Gasteiger partial charge in [-0.15, -0.1) is 0 Å². The Morgan fingerprint density at radius 3 is 1.71 bits per heavy atom. The zero-order chi connectivity index (χ0) is 34.8. The Balaban J connectivity index is 0.000000156. The number of ketones is 2. The van der Waals surface area contributed by atoms with E-state index in [2.05, 4.69) is 17.1 Å². The lowest BCUT2D eigenvalue weighted by Crippen LogP contribution is -2.04. The molecule has 0 spiro atoms. The third-order valence-electron chi connectivity index (χ3n) is 7.45. The molecular formula is C41H32Cl2N4O2. The number of Topliss-reactive ketones (excluding diaryl/α,β-unsaturated/α-hetero) is 1. The Morgan fingerprint density at radius 1 is 0.592 bits per heavy atom. The Bertz CT molecular complexity index is 2210. The first-order valence-electron chi connectivity index (χ1n) is 15.3. The number of para-hydroxylation sites is 3. The van der Waals surface area contributed by atoms with Crippen LogP contribution in [0.15, 0.2) is 152 Å². The highest BCUT2D eigenvalue weighted by Crippen LogP contribution is 2.32. The molecule has 4 N–H and O–H groups in total. The summed E-state index contributed by atoms with van der Waals surface area (Å²) in [6, 6.07) is 44.8. The maximum atomic E-state index is 12.1. The van der Waals surface area contributed by atoms with Crippen molar-refractivity contribution in [3.05, 3.63) is 179 Å². The number of nitrogens with two attached hydrogens (primary N) is 2. The van der Waals surface area contributed by atoms with Crippen LogP contribution in [0.3, 0.4) is 0 Å². The number of hydrogen-bond acceptors (Lipinski definition) is 6. The molecule has 0 saturated heterocycles. The van der Waals surface area contributed by atoms with Gasteiger partial charge in [0.15, 0.2) is 11.6 Å². The molecule has 8 heteroatoms. The van der Waals surface area contributed by atoms with Gasteiger partial charge in [-0.25, -0.2) is 4.98 Å². The van der Waals surface area contributed by atoms with Crippen LogP contribution in [0.4, 0.5) is 11.4 Å². The largest absolute Gasteiger partial charge is 0.398 e. The van der Waals surface area contributed by atoms with Crippen molar-refractivity contribution in [2.24, 2.45) is 0 Å². The molecule has 2 heterocycles. The van der Waals surface area contributed by atoms with E-state index in [1.54, 1.807) is 72.9 Å². The van der Waals surface area contributed by atoms with E-state index in [1.165, 1.54) is 6.92 Å². The molecular weight excluding hydrogens is 651 g/mol. The molecule has 49 heavy (non-hydrogen) atoms. The molecule has 0 fully saturated rings. The van der Waals surface area contributed by atoms with Crippen molar-refractivity contribution in [2.75, 3.05) is 11.5 Å². The van der Waals surface area contributed by atoms with E-state index in [0.717, 1.165) is 38.4 Å². The highest BCUT2D eigenvalue weighted by atomic mass is 35.5. The molecule has 242 valence electrons. The van der Waals surface area contributed by atoms with Crippen molar-refractivity contribution in [3.8, 4) is 22.5 Å². The SMILES string of the molecule is CC(=O)c1ccccc1N.Clc1ccc(-c2cc(-c3ccccn3)nc3ccccc23)cc1.Nc1ccccc1C(=O)c1ccc(Cl)cc1. The number of anilines is 2. The highest BCUT2D eigenvalue weighted by Gasteiger charge is 2.12. The minimum absolute atomic E-state index is 0.0121. The summed E-state index contributed by atoms with van der Waals surface area (Å²) < 4.78 is 0. The van der Waals surface area contributed by atoms with Crippen LogP contribution in [0.5, 0.6) is 0 Å². The van der Waals surface area contributed by atoms with Gasteiger partial charge >= 0.3 is 0 Å². The third-order valence-corrected chi connectivity index (χ3v) is 7.95. The Labute approximate surface area is 295 Å². The van der Waals surface area contributed by atoms with Crippen LogP contribution in [0.1, 0.15) is 33.2 Å². The van der Waals surface area contributed by atoms with Crippen molar-refractivity contribution in [3.63, 3.8) is 0 Å². The fourth-order valence-electron chi connectivity index (χ4n) is 4.97. The molecule has 0 saturated carbocycles. The van der Waals surface area contributed by atoms with Gasteiger partial charge in [0, 0.05) is 49.7 Å². The van der Waals surface area contributed by atoms with E-state index in [-0.39, 0.29) is 11.6 Å². The number of aromatic nitrogens is 2. The summed E-state index contributed by atoms with van der Waals surface area (Å²) in [5.41, 5.74) is 18.9. The lowest BCUT2D eigenvalue weighted by Gasteiger charge is -2.10. The number of nitrogen functional groups attached to an aromatic ring is 2. The second-order valence-corrected chi connectivity index (χ2v) is 11.7. The van der Waals surface area contributed by atoms with Gasteiger partial charge in [-0.05, 0) is 103 Å². The average Bonchev–Trinajstić information content (AvgIpc) is 3.13. The van der Waals surface area contributed by atoms with E-state index in [0.29, 0.717) is 33.1 Å². The molecule has 0 aliphatic rings. The van der Waals surface area contributed by atoms with E-state index in [4.69, 9.17) is 39.7 Å². The number of carbonyl (C=O) groups excluding carboxylic acids is 2. The number of pyridine rings is 2. The van der Waals surface area contributed by atoms with E-state index < -0.39 is 0 Å². The molecule has 7 rings (SSSR count). The number of rotatable bonds is 5. The zero-order valence-corrected chi connectivity index (χ0v) is 28.1. The molecule has 0 unspecified atom stereocenters. The monoisotopic (exact) mass is 682 g/mol. The maximum absolute atomic E-state index is 12.1. The summed E-state index contributed by atoms with van der Waals surface area (Å²) in [5, 5.41) is 2.46. The topological polar surface area (TPSA) is 112 Å². The van der Waals surface area contributed by atoms with E-state index in [1.807, 2.05) is 66.7 Å². The number of carbonyl (C=O) groups is 2. The first-order chi connectivity index (χ1) is 23.7. The van der Waals surface area contributed by atoms with Crippen molar-refractivity contribution in [1.29, 1.82) is 0 Å². The number of benzene rings is 5. The van der Waals surface area contributed by atoms with E-state index >= 15 is 0 Å². The first-order valence-corrected chi connectivity index (χ1v) is 16.0. The fraction of sp³-hybridized carbons (Fsp3) is 0.0244. The summed E-state index contributed by atoms with van der Waals surface area (Å²) in [6.07, 6.45) is 1.79. The van der Waals surface area contributed by atoms with Crippen LogP contribution in [0.25, 0.3) is 33.4 Å². The Hall–Kier alpha value is -5.82. The molecule has 0 amide bonds. The molecule has 6 nitrogen and oxygen atoms in total. The van der Waals surface area contributed by atoms with Crippen LogP contribution in [-0.2, 0) is 0 Å². The van der Waals surface area contributed by atoms with Crippen molar-refractivity contribution in [2.45, 2.75) is 6.92 Å². The standard InChI is InChI=1S/C20H13ClN2.C13H10ClNO.C8H9NO/c21-15-10-8-14(9-11-15)17-13-20(19-7-3-4-12-22-19)23-18-6-2-1-5-16(17)18;14-10-7-5-9(6-8-10)13(16)11-3-1-2-4-12(11)15;1-6(10)7-4-2-3-5-8(7)9/h1-13H;1-8H,15H2;2-5H,9H2,1H3. The molecule has 5 aromatic carbocycles. The number of halogens is 2. The van der Waals surface area contributed by atoms with Gasteiger partial charge in [0.05, 0.1) is 16.9 Å². The van der Waals surface area contributed by atoms with Crippen molar-refractivity contribution < 1.29 is 9.59 Å². The lowest BCUT2D eigenvalue weighted by atomic mass is 9.99. The predicted octanol–water partition coefficient (Wildman–Crippen LogP) is 10.2. The second-order valence-electron chi connectivity index (χ2n) is 10.9. The molecule has 0 bridgehead atoms. The highest BCUT2D eigenvalue weighted by molar-refractivity contribution is 6.31. The van der Waals surface area contributed by atoms with Crippen LogP contribution >= 0.6 is 23.2 Å². The van der Waals surface area contributed by atoms with Gasteiger partial charge in [0.1, 0.15) is 0 Å². The van der Waals surface area contributed by atoms with Gasteiger partial charge in [0.25, 0.3) is 0 Å². The van der Waals surface area contributed by atoms with Gasteiger partial charge in [-0.2, -0.15) is 0 Å². The normalized spacial score (nSPS) is 10.3. The lowest BCUT2D eigenvalue weighted by molar-refractivity contribution is 0.101. The third kappa shape index (κ3) is 8.96. The van der Waals surface area contributed by atoms with Crippen LogP contribution in [0.2, 0.25) is 10.0 Å². The van der Waals surface area contributed by atoms with Gasteiger partial charge in [0.2, 0.25) is 0 Å². The summed E-state index contributed by atoms with van der Waals surface area (Å²) in [6.45, 7) is 1.51. The quantitative estimate of drug-likeness (QED) is 0.138. The van der Waals surface area contributed by atoms with Crippen LogP contribution < -0.4 is 11.5 Å². The number of fused-ring (bicyclic) bond motifs is 1. The number of hydrogen-bond donors (Lipinski definition) is 2. The molecule has 0 radical (unpaired) electrons. The molecule has 0 atom stereocenters. The summed E-state index contributed by atoms with van der Waals surface area (Å²) in [7, 11) is 0. The minimum atomic E-state index is -0.0882. The smallest absolute Gasteiger partial charge is 0.195 e. The Morgan fingerprint density at radius 2 is 1.14 bits per heavy atom. The van der Waals surface area contributed by atoms with Gasteiger partial charge < -0.3 is 11.5 Å². The molecule has 2 aromatic heterocycles. The Kier molecular flexibility index (Phi) is 11.5. The molecule has 0 aliphatic carbocycles. The fourth-order valence-corrected chi connectivity index (χ4v) is 5.22. The van der Waals surface area contributed by atoms with Crippen LogP contribution in [0, 0.1) is 0 Å². The second kappa shape index (κ2) is 16.3. The molecule has 7 aromatic rings. The van der Waals surface area contributed by atoms with Crippen LogP contribution in [-0.4, -0.2) is 21.5 Å². The maximum Gasteiger partial charge on any atom is 0.195 e. The minimum Gasteiger partial charge on any atom is -0.398 e. The summed E-state index contributed by atoms with van der Waals surface area (Å²) >= 11 is 11.8. The predicted molar refractivity (Wildman–Crippen MR) is 202 cm³/mol.